The number of amides is 2. The van der Waals surface area contributed by atoms with Gasteiger partial charge in [-0.25, -0.2) is 9.97 Å². The minimum Gasteiger partial charge on any atom is -0.342 e. The van der Waals surface area contributed by atoms with Crippen molar-refractivity contribution in [1.82, 2.24) is 19.8 Å². The average molecular weight is 331 g/mol. The summed E-state index contributed by atoms with van der Waals surface area (Å²) in [5, 5.41) is 0. The first-order valence-corrected chi connectivity index (χ1v) is 8.73. The van der Waals surface area contributed by atoms with E-state index in [-0.39, 0.29) is 11.8 Å². The van der Waals surface area contributed by atoms with Crippen molar-refractivity contribution in [3.63, 3.8) is 0 Å². The molecule has 1 aromatic rings. The van der Waals surface area contributed by atoms with Crippen molar-refractivity contribution in [2.24, 2.45) is 5.41 Å². The predicted molar refractivity (Wildman–Crippen MR) is 90.4 cm³/mol. The molecular formula is C17H25N5O2. The maximum absolute atomic E-state index is 12.9. The Labute approximate surface area is 142 Å². The lowest BCUT2D eigenvalue weighted by Gasteiger charge is -2.37. The number of rotatable bonds is 5. The number of nitrogens with zero attached hydrogens (tertiary/aromatic N) is 5. The van der Waals surface area contributed by atoms with Crippen molar-refractivity contribution >= 4 is 17.8 Å². The Hall–Kier alpha value is -2.18. The maximum Gasteiger partial charge on any atom is 0.238 e. The van der Waals surface area contributed by atoms with Gasteiger partial charge >= 0.3 is 0 Å². The van der Waals surface area contributed by atoms with Crippen LogP contribution in [0.1, 0.15) is 26.7 Å². The second-order valence-corrected chi connectivity index (χ2v) is 6.39. The zero-order valence-electron chi connectivity index (χ0n) is 14.4. The molecular weight excluding hydrogens is 306 g/mol. The smallest absolute Gasteiger partial charge is 0.238 e. The SMILES string of the molecule is CCN(CC)C(=O)C1(C(=O)N2CCN(c3ncccn3)CC2)CC1. The van der Waals surface area contributed by atoms with Crippen molar-refractivity contribution in [2.45, 2.75) is 26.7 Å². The van der Waals surface area contributed by atoms with E-state index in [0.717, 1.165) is 0 Å². The molecule has 7 nitrogen and oxygen atoms in total. The molecule has 2 heterocycles. The summed E-state index contributed by atoms with van der Waals surface area (Å²) in [6.07, 6.45) is 4.82. The number of hydrogen-bond acceptors (Lipinski definition) is 5. The van der Waals surface area contributed by atoms with Crippen LogP contribution in [-0.2, 0) is 9.59 Å². The van der Waals surface area contributed by atoms with Crippen LogP contribution in [0.5, 0.6) is 0 Å². The molecule has 1 saturated carbocycles. The highest BCUT2D eigenvalue weighted by Gasteiger charge is 2.59. The molecule has 0 radical (unpaired) electrons. The number of aromatic nitrogens is 2. The van der Waals surface area contributed by atoms with Crippen LogP contribution >= 0.6 is 0 Å². The number of hydrogen-bond donors (Lipinski definition) is 0. The van der Waals surface area contributed by atoms with E-state index in [1.807, 2.05) is 18.7 Å². The van der Waals surface area contributed by atoms with Gasteiger partial charge in [-0.1, -0.05) is 0 Å². The van der Waals surface area contributed by atoms with Crippen LogP contribution in [0.2, 0.25) is 0 Å². The molecule has 2 fully saturated rings. The molecule has 1 aromatic heterocycles. The quantitative estimate of drug-likeness (QED) is 0.746. The second kappa shape index (κ2) is 6.75. The zero-order valence-corrected chi connectivity index (χ0v) is 14.4. The van der Waals surface area contributed by atoms with Crippen molar-refractivity contribution in [1.29, 1.82) is 0 Å². The third-order valence-electron chi connectivity index (χ3n) is 5.02. The summed E-state index contributed by atoms with van der Waals surface area (Å²) in [5.41, 5.74) is -0.780. The molecule has 0 bridgehead atoms. The molecule has 0 aromatic carbocycles. The normalized spacial score (nSPS) is 19.1. The van der Waals surface area contributed by atoms with Crippen molar-refractivity contribution < 1.29 is 9.59 Å². The molecule has 0 spiro atoms. The maximum atomic E-state index is 12.9. The van der Waals surface area contributed by atoms with Gasteiger partial charge in [-0.3, -0.25) is 9.59 Å². The van der Waals surface area contributed by atoms with Gasteiger partial charge < -0.3 is 14.7 Å². The molecule has 2 aliphatic rings. The van der Waals surface area contributed by atoms with Gasteiger partial charge in [0.15, 0.2) is 0 Å². The minimum absolute atomic E-state index is 0.00585. The molecule has 3 rings (SSSR count). The monoisotopic (exact) mass is 331 g/mol. The van der Waals surface area contributed by atoms with E-state index in [9.17, 15) is 9.59 Å². The van der Waals surface area contributed by atoms with Gasteiger partial charge in [0.25, 0.3) is 0 Å². The van der Waals surface area contributed by atoms with Crippen LogP contribution in [0.4, 0.5) is 5.95 Å². The molecule has 1 aliphatic heterocycles. The van der Waals surface area contributed by atoms with Gasteiger partial charge in [-0.2, -0.15) is 0 Å². The summed E-state index contributed by atoms with van der Waals surface area (Å²) in [7, 11) is 0. The summed E-state index contributed by atoms with van der Waals surface area (Å²) in [6.45, 7) is 7.86. The fraction of sp³-hybridized carbons (Fsp3) is 0.647. The van der Waals surface area contributed by atoms with E-state index in [2.05, 4.69) is 14.9 Å². The number of carbonyl (C=O) groups is 2. The molecule has 7 heteroatoms. The second-order valence-electron chi connectivity index (χ2n) is 6.39. The Kier molecular flexibility index (Phi) is 4.69. The fourth-order valence-electron chi connectivity index (χ4n) is 3.32. The standard InChI is InChI=1S/C17H25N5O2/c1-3-20(4-2)14(23)17(6-7-17)15(24)21-10-12-22(13-11-21)16-18-8-5-9-19-16/h5,8-9H,3-4,6-7,10-13H2,1-2H3. The van der Waals surface area contributed by atoms with Gasteiger partial charge in [-0.15, -0.1) is 0 Å². The summed E-state index contributed by atoms with van der Waals surface area (Å²) < 4.78 is 0. The first kappa shape index (κ1) is 16.7. The predicted octanol–water partition coefficient (Wildman–Crippen LogP) is 0.774. The van der Waals surface area contributed by atoms with E-state index >= 15 is 0 Å². The fourth-order valence-corrected chi connectivity index (χ4v) is 3.32. The molecule has 24 heavy (non-hydrogen) atoms. The van der Waals surface area contributed by atoms with Crippen molar-refractivity contribution in [3.8, 4) is 0 Å². The Morgan fingerprint density at radius 3 is 2.17 bits per heavy atom. The van der Waals surface area contributed by atoms with Crippen LogP contribution in [-0.4, -0.2) is 70.9 Å². The highest BCUT2D eigenvalue weighted by Crippen LogP contribution is 2.49. The third-order valence-corrected chi connectivity index (χ3v) is 5.02. The van der Waals surface area contributed by atoms with E-state index in [0.29, 0.717) is 58.1 Å². The van der Waals surface area contributed by atoms with Crippen LogP contribution in [0.15, 0.2) is 18.5 Å². The number of anilines is 1. The van der Waals surface area contributed by atoms with E-state index in [1.54, 1.807) is 23.4 Å². The van der Waals surface area contributed by atoms with E-state index in [4.69, 9.17) is 0 Å². The van der Waals surface area contributed by atoms with Crippen molar-refractivity contribution in [2.75, 3.05) is 44.2 Å². The number of piperazine rings is 1. The number of carbonyl (C=O) groups excluding carboxylic acids is 2. The molecule has 1 aliphatic carbocycles. The largest absolute Gasteiger partial charge is 0.342 e. The highest BCUT2D eigenvalue weighted by atomic mass is 16.2. The molecule has 0 unspecified atom stereocenters. The van der Waals surface area contributed by atoms with Gasteiger partial charge in [0.05, 0.1) is 0 Å². The van der Waals surface area contributed by atoms with Crippen molar-refractivity contribution in [3.05, 3.63) is 18.5 Å². The topological polar surface area (TPSA) is 69.6 Å². The Balaban J connectivity index is 1.62. The minimum atomic E-state index is -0.780. The molecule has 2 amide bonds. The first-order chi connectivity index (χ1) is 11.6. The lowest BCUT2D eigenvalue weighted by atomic mass is 10.0. The van der Waals surface area contributed by atoms with E-state index < -0.39 is 5.41 Å². The molecule has 0 N–H and O–H groups in total. The highest BCUT2D eigenvalue weighted by molar-refractivity contribution is 6.07. The summed E-state index contributed by atoms with van der Waals surface area (Å²) >= 11 is 0. The summed E-state index contributed by atoms with van der Waals surface area (Å²) in [4.78, 5) is 39.9. The lowest BCUT2D eigenvalue weighted by Crippen LogP contribution is -2.54. The van der Waals surface area contributed by atoms with Crippen LogP contribution < -0.4 is 4.90 Å². The van der Waals surface area contributed by atoms with Gasteiger partial charge in [0.2, 0.25) is 17.8 Å². The van der Waals surface area contributed by atoms with Gasteiger partial charge in [0, 0.05) is 51.7 Å². The van der Waals surface area contributed by atoms with Crippen LogP contribution in [0.25, 0.3) is 0 Å². The van der Waals surface area contributed by atoms with E-state index in [1.165, 1.54) is 0 Å². The Bertz CT molecular complexity index is 590. The first-order valence-electron chi connectivity index (χ1n) is 8.73. The summed E-state index contributed by atoms with van der Waals surface area (Å²) in [6, 6.07) is 1.79. The average Bonchev–Trinajstić information content (AvgIpc) is 3.45. The molecule has 130 valence electrons. The molecule has 1 saturated heterocycles. The zero-order chi connectivity index (χ0) is 17.2. The Morgan fingerprint density at radius 2 is 1.67 bits per heavy atom. The molecule has 0 atom stereocenters. The van der Waals surface area contributed by atoms with Gasteiger partial charge in [-0.05, 0) is 32.8 Å². The van der Waals surface area contributed by atoms with Crippen LogP contribution in [0, 0.1) is 5.41 Å². The van der Waals surface area contributed by atoms with Crippen LogP contribution in [0.3, 0.4) is 0 Å². The third kappa shape index (κ3) is 2.95. The van der Waals surface area contributed by atoms with Gasteiger partial charge in [0.1, 0.15) is 5.41 Å². The lowest BCUT2D eigenvalue weighted by molar-refractivity contribution is -0.149. The Morgan fingerprint density at radius 1 is 1.08 bits per heavy atom. The summed E-state index contributed by atoms with van der Waals surface area (Å²) in [5.74, 6) is 0.712.